The van der Waals surface area contributed by atoms with Gasteiger partial charge in [-0.2, -0.15) is 13.2 Å². The van der Waals surface area contributed by atoms with E-state index >= 15 is 0 Å². The molecule has 2 aromatic heterocycles. The van der Waals surface area contributed by atoms with E-state index in [0.717, 1.165) is 12.1 Å². The molecule has 0 aliphatic carbocycles. The normalized spacial score (nSPS) is 16.8. The number of nitrogens with two attached hydrogens (primary N) is 1. The van der Waals surface area contributed by atoms with Crippen LogP contribution < -0.4 is 15.5 Å². The van der Waals surface area contributed by atoms with Crippen molar-refractivity contribution in [3.63, 3.8) is 0 Å². The molecule has 0 amide bonds. The fourth-order valence-corrected chi connectivity index (χ4v) is 4.69. The number of piperazine rings is 1. The highest BCUT2D eigenvalue weighted by molar-refractivity contribution is 6.33. The third-order valence-corrected chi connectivity index (χ3v) is 6.38. The number of H-pyrrole nitrogens is 1. The summed E-state index contributed by atoms with van der Waals surface area (Å²) in [6.45, 7) is 3.69. The highest BCUT2D eigenvalue weighted by Crippen LogP contribution is 2.38. The van der Waals surface area contributed by atoms with Gasteiger partial charge in [-0.1, -0.05) is 23.7 Å². The van der Waals surface area contributed by atoms with Gasteiger partial charge in [-0.3, -0.25) is 0 Å². The molecular weight excluding hydrogens is 484 g/mol. The maximum atomic E-state index is 13.6. The molecule has 0 spiro atoms. The van der Waals surface area contributed by atoms with Gasteiger partial charge in [-0.25, -0.2) is 14.4 Å². The van der Waals surface area contributed by atoms with Gasteiger partial charge in [0.15, 0.2) is 0 Å². The van der Waals surface area contributed by atoms with Crippen molar-refractivity contribution in [2.24, 2.45) is 0 Å². The summed E-state index contributed by atoms with van der Waals surface area (Å²) in [5.41, 5.74) is 6.78. The monoisotopic (exact) mass is 504 g/mol. The van der Waals surface area contributed by atoms with Crippen LogP contribution in [0.5, 0.6) is 0 Å². The fourth-order valence-electron chi connectivity index (χ4n) is 4.40. The number of nitrogens with zero attached hydrogens (tertiary/aromatic N) is 4. The van der Waals surface area contributed by atoms with Crippen molar-refractivity contribution in [1.29, 1.82) is 0 Å². The first-order chi connectivity index (χ1) is 16.6. The van der Waals surface area contributed by atoms with Gasteiger partial charge in [0.2, 0.25) is 5.95 Å². The molecule has 11 heteroatoms. The minimum absolute atomic E-state index is 0.0453. The zero-order valence-electron chi connectivity index (χ0n) is 18.6. The number of rotatable bonds is 3. The van der Waals surface area contributed by atoms with Gasteiger partial charge in [0, 0.05) is 31.2 Å². The number of aromatic amines is 1. The summed E-state index contributed by atoms with van der Waals surface area (Å²) in [7, 11) is 0. The second-order valence-corrected chi connectivity index (χ2v) is 8.95. The quantitative estimate of drug-likeness (QED) is 0.348. The van der Waals surface area contributed by atoms with Crippen molar-refractivity contribution in [3.05, 3.63) is 65.1 Å². The maximum Gasteiger partial charge on any atom is 0.416 e. The van der Waals surface area contributed by atoms with Crippen LogP contribution >= 0.6 is 11.6 Å². The lowest BCUT2D eigenvalue weighted by atomic mass is 10.0. The number of anilines is 3. The third kappa shape index (κ3) is 4.45. The lowest BCUT2D eigenvalue weighted by molar-refractivity contribution is -0.137. The van der Waals surface area contributed by atoms with E-state index < -0.39 is 17.6 Å². The van der Waals surface area contributed by atoms with Gasteiger partial charge in [-0.05, 0) is 42.8 Å². The maximum absolute atomic E-state index is 13.6. The van der Waals surface area contributed by atoms with Gasteiger partial charge >= 0.3 is 6.18 Å². The van der Waals surface area contributed by atoms with E-state index in [1.807, 2.05) is 16.7 Å². The first kappa shape index (κ1) is 23.2. The van der Waals surface area contributed by atoms with Crippen LogP contribution in [0.3, 0.4) is 0 Å². The molecule has 1 fully saturated rings. The minimum atomic E-state index is -4.54. The lowest BCUT2D eigenvalue weighted by Gasteiger charge is -2.40. The number of alkyl halides is 3. The molecule has 0 unspecified atom stereocenters. The van der Waals surface area contributed by atoms with Crippen LogP contribution in [0.25, 0.3) is 22.2 Å². The zero-order valence-corrected chi connectivity index (χ0v) is 19.3. The van der Waals surface area contributed by atoms with E-state index in [9.17, 15) is 17.6 Å². The molecule has 1 aliphatic rings. The Morgan fingerprint density at radius 2 is 1.86 bits per heavy atom. The highest BCUT2D eigenvalue weighted by atomic mass is 35.5. The largest absolute Gasteiger partial charge is 0.416 e. The number of fused-ring (bicyclic) bond motifs is 1. The number of hydrogen-bond donors (Lipinski definition) is 2. The standard InChI is InChI=1S/C24H21ClF4N6/c1-13-12-34(22-19(25)10-17(30)11-31-22)6-7-35(13)23-32-20-9-15(24(27,28)29)8-18(21(20)33-23)14-2-4-16(26)5-3-14/h2-5,8-11,13H,6-7,12,30H2,1H3,(H,32,33)/t13-/m1/s1. The predicted octanol–water partition coefficient (Wildman–Crippen LogP) is 5.73. The number of halogens is 5. The van der Waals surface area contributed by atoms with E-state index in [2.05, 4.69) is 15.0 Å². The number of imidazole rings is 1. The summed E-state index contributed by atoms with van der Waals surface area (Å²) in [6, 6.07) is 9.03. The van der Waals surface area contributed by atoms with Crippen LogP contribution in [0.1, 0.15) is 12.5 Å². The Hall–Kier alpha value is -3.53. The molecule has 1 saturated heterocycles. The fraction of sp³-hybridized carbons (Fsp3) is 0.250. The average Bonchev–Trinajstić information content (AvgIpc) is 3.22. The number of benzene rings is 2. The smallest absolute Gasteiger partial charge is 0.397 e. The van der Waals surface area contributed by atoms with E-state index in [-0.39, 0.29) is 17.1 Å². The molecule has 35 heavy (non-hydrogen) atoms. The molecule has 6 nitrogen and oxygen atoms in total. The molecule has 0 bridgehead atoms. The number of hydrogen-bond acceptors (Lipinski definition) is 5. The first-order valence-corrected chi connectivity index (χ1v) is 11.3. The molecule has 1 aliphatic heterocycles. The van der Waals surface area contributed by atoms with Crippen LogP contribution in [0.15, 0.2) is 48.7 Å². The Kier molecular flexibility index (Phi) is 5.71. The molecule has 182 valence electrons. The Balaban J connectivity index is 1.50. The minimum Gasteiger partial charge on any atom is -0.397 e. The van der Waals surface area contributed by atoms with Crippen LogP contribution in [-0.2, 0) is 6.18 Å². The van der Waals surface area contributed by atoms with Crippen LogP contribution in [0.2, 0.25) is 5.02 Å². The average molecular weight is 505 g/mol. The van der Waals surface area contributed by atoms with Gasteiger partial charge in [0.25, 0.3) is 0 Å². The topological polar surface area (TPSA) is 74.1 Å². The number of pyridine rings is 1. The summed E-state index contributed by atoms with van der Waals surface area (Å²) in [5.74, 6) is 0.624. The lowest BCUT2D eigenvalue weighted by Crippen LogP contribution is -2.52. The van der Waals surface area contributed by atoms with E-state index in [1.165, 1.54) is 24.3 Å². The van der Waals surface area contributed by atoms with E-state index in [1.54, 1.807) is 12.3 Å². The zero-order chi connectivity index (χ0) is 24.9. The van der Waals surface area contributed by atoms with E-state index in [0.29, 0.717) is 53.2 Å². The van der Waals surface area contributed by atoms with Gasteiger partial charge < -0.3 is 20.5 Å². The van der Waals surface area contributed by atoms with Crippen molar-refractivity contribution >= 4 is 40.1 Å². The second kappa shape index (κ2) is 8.60. The predicted molar refractivity (Wildman–Crippen MR) is 129 cm³/mol. The summed E-state index contributed by atoms with van der Waals surface area (Å²) in [6.07, 6.45) is -2.99. The second-order valence-electron chi connectivity index (χ2n) is 8.55. The number of aromatic nitrogens is 3. The molecular formula is C24H21ClF4N6. The van der Waals surface area contributed by atoms with Crippen molar-refractivity contribution < 1.29 is 17.6 Å². The third-order valence-electron chi connectivity index (χ3n) is 6.10. The van der Waals surface area contributed by atoms with Gasteiger partial charge in [0.1, 0.15) is 11.6 Å². The Morgan fingerprint density at radius 1 is 1.11 bits per heavy atom. The van der Waals surface area contributed by atoms with Crippen molar-refractivity contribution in [1.82, 2.24) is 15.0 Å². The molecule has 1 atom stereocenters. The van der Waals surface area contributed by atoms with Gasteiger partial charge in [-0.15, -0.1) is 0 Å². The SMILES string of the molecule is C[C@@H]1CN(c2ncc(N)cc2Cl)CCN1c1nc2c(-c3ccc(F)cc3)cc(C(F)(F)F)cc2[nH]1. The molecule has 0 saturated carbocycles. The molecule has 5 rings (SSSR count). The molecule has 3 heterocycles. The first-order valence-electron chi connectivity index (χ1n) is 10.9. The van der Waals surface area contributed by atoms with Crippen LogP contribution in [0.4, 0.5) is 35.0 Å². The highest BCUT2D eigenvalue weighted by Gasteiger charge is 2.33. The van der Waals surface area contributed by atoms with Gasteiger partial charge in [0.05, 0.1) is 33.5 Å². The Labute approximate surface area is 203 Å². The van der Waals surface area contributed by atoms with Crippen LogP contribution in [0, 0.1) is 5.82 Å². The summed E-state index contributed by atoms with van der Waals surface area (Å²) in [5, 5.41) is 0.456. The molecule has 2 aromatic carbocycles. The molecule has 4 aromatic rings. The molecule has 3 N–H and O–H groups in total. The number of nitrogen functional groups attached to an aromatic ring is 1. The van der Waals surface area contributed by atoms with Crippen molar-refractivity contribution in [2.75, 3.05) is 35.2 Å². The summed E-state index contributed by atoms with van der Waals surface area (Å²) < 4.78 is 54.3. The Morgan fingerprint density at radius 3 is 2.51 bits per heavy atom. The number of nitrogens with one attached hydrogen (secondary N) is 1. The summed E-state index contributed by atoms with van der Waals surface area (Å²) >= 11 is 6.32. The van der Waals surface area contributed by atoms with Crippen molar-refractivity contribution in [2.45, 2.75) is 19.1 Å². The van der Waals surface area contributed by atoms with E-state index in [4.69, 9.17) is 17.3 Å². The van der Waals surface area contributed by atoms with Crippen molar-refractivity contribution in [3.8, 4) is 11.1 Å². The Bertz CT molecular complexity index is 1390. The summed E-state index contributed by atoms with van der Waals surface area (Å²) in [4.78, 5) is 16.1. The molecule has 0 radical (unpaired) electrons. The van der Waals surface area contributed by atoms with Crippen LogP contribution in [-0.4, -0.2) is 40.6 Å².